The Bertz CT molecular complexity index is 739. The minimum Gasteiger partial charge on any atom is -0.494 e. The van der Waals surface area contributed by atoms with Crippen molar-refractivity contribution in [2.24, 2.45) is 5.92 Å². The first-order valence-corrected chi connectivity index (χ1v) is 9.38. The van der Waals surface area contributed by atoms with Crippen LogP contribution in [0.1, 0.15) is 43.0 Å². The molecule has 1 aliphatic rings. The van der Waals surface area contributed by atoms with Crippen molar-refractivity contribution in [1.29, 1.82) is 0 Å². The molecular weight excluding hydrogens is 346 g/mol. The van der Waals surface area contributed by atoms with Crippen molar-refractivity contribution >= 4 is 17.6 Å². The van der Waals surface area contributed by atoms with E-state index in [-0.39, 0.29) is 18.4 Å². The number of nitrogens with one attached hydrogen (secondary N) is 1. The summed E-state index contributed by atoms with van der Waals surface area (Å²) in [5, 5.41) is 6.29. The molecule has 0 atom stereocenters. The Labute approximate surface area is 158 Å². The summed E-state index contributed by atoms with van der Waals surface area (Å²) in [6.45, 7) is 3.34. The number of unbranched alkanes of at least 4 members (excludes halogenated alkanes) is 1. The number of rotatable bonds is 10. The Kier molecular flexibility index (Phi) is 6.46. The van der Waals surface area contributed by atoms with Gasteiger partial charge >= 0.3 is 0 Å². The third-order valence-corrected chi connectivity index (χ3v) is 4.37. The summed E-state index contributed by atoms with van der Waals surface area (Å²) in [7, 11) is 0. The lowest BCUT2D eigenvalue weighted by molar-refractivity contribution is -0.117. The van der Waals surface area contributed by atoms with Gasteiger partial charge in [-0.1, -0.05) is 18.5 Å². The molecule has 27 heavy (non-hydrogen) atoms. The van der Waals surface area contributed by atoms with Gasteiger partial charge in [0.2, 0.25) is 5.91 Å². The largest absolute Gasteiger partial charge is 0.494 e. The average Bonchev–Trinajstić information content (AvgIpc) is 3.34. The van der Waals surface area contributed by atoms with Crippen LogP contribution in [0.4, 0.5) is 5.82 Å². The standard InChI is InChI=1S/C20H25N3O4/c1-2-3-11-26-17-8-6-16(7-9-17)20(25)23(13-15-4-5-15)14-19(24)21-18-10-12-27-22-18/h6-10,12,15H,2-5,11,13-14H2,1H3,(H,21,22,24). The number of benzene rings is 1. The summed E-state index contributed by atoms with van der Waals surface area (Å²) in [5.41, 5.74) is 0.549. The molecule has 1 aromatic heterocycles. The molecule has 2 amide bonds. The van der Waals surface area contributed by atoms with Crippen LogP contribution in [0.15, 0.2) is 41.1 Å². The van der Waals surface area contributed by atoms with Crippen LogP contribution < -0.4 is 10.1 Å². The molecule has 0 aliphatic heterocycles. The molecule has 1 aliphatic carbocycles. The van der Waals surface area contributed by atoms with E-state index in [9.17, 15) is 9.59 Å². The second-order valence-corrected chi connectivity index (χ2v) is 6.79. The quantitative estimate of drug-likeness (QED) is 0.648. The van der Waals surface area contributed by atoms with Crippen molar-refractivity contribution < 1.29 is 18.8 Å². The first kappa shape index (κ1) is 18.9. The van der Waals surface area contributed by atoms with Gasteiger partial charge in [0.15, 0.2) is 5.82 Å². The molecule has 1 fully saturated rings. The maximum Gasteiger partial charge on any atom is 0.254 e. The summed E-state index contributed by atoms with van der Waals surface area (Å²) in [6.07, 6.45) is 5.64. The van der Waals surface area contributed by atoms with E-state index in [2.05, 4.69) is 17.4 Å². The number of hydrogen-bond acceptors (Lipinski definition) is 5. The topological polar surface area (TPSA) is 84.7 Å². The van der Waals surface area contributed by atoms with E-state index in [1.165, 1.54) is 6.26 Å². The van der Waals surface area contributed by atoms with Crippen LogP contribution >= 0.6 is 0 Å². The summed E-state index contributed by atoms with van der Waals surface area (Å²) >= 11 is 0. The molecule has 3 rings (SSSR count). The molecule has 7 heteroatoms. The molecule has 0 radical (unpaired) electrons. The van der Waals surface area contributed by atoms with E-state index in [0.717, 1.165) is 31.4 Å². The van der Waals surface area contributed by atoms with Crippen LogP contribution in [0.2, 0.25) is 0 Å². The van der Waals surface area contributed by atoms with Crippen molar-refractivity contribution in [3.8, 4) is 5.75 Å². The highest BCUT2D eigenvalue weighted by Gasteiger charge is 2.28. The van der Waals surface area contributed by atoms with Gasteiger partial charge in [-0.3, -0.25) is 9.59 Å². The van der Waals surface area contributed by atoms with E-state index >= 15 is 0 Å². The Morgan fingerprint density at radius 1 is 1.26 bits per heavy atom. The zero-order valence-corrected chi connectivity index (χ0v) is 15.5. The van der Waals surface area contributed by atoms with Crippen LogP contribution in [0, 0.1) is 5.92 Å². The zero-order chi connectivity index (χ0) is 19.1. The predicted octanol–water partition coefficient (Wildman–Crippen LogP) is 3.34. The molecule has 0 spiro atoms. The minimum atomic E-state index is -0.294. The average molecular weight is 371 g/mol. The molecule has 1 saturated carbocycles. The highest BCUT2D eigenvalue weighted by molar-refractivity contribution is 5.99. The molecule has 1 aromatic carbocycles. The summed E-state index contributed by atoms with van der Waals surface area (Å²) < 4.78 is 10.3. The van der Waals surface area contributed by atoms with E-state index < -0.39 is 0 Å². The molecule has 1 heterocycles. The van der Waals surface area contributed by atoms with Crippen molar-refractivity contribution in [3.05, 3.63) is 42.2 Å². The van der Waals surface area contributed by atoms with Gasteiger partial charge in [0.1, 0.15) is 18.6 Å². The van der Waals surface area contributed by atoms with Crippen LogP contribution in [-0.2, 0) is 4.79 Å². The first-order chi connectivity index (χ1) is 13.2. The van der Waals surface area contributed by atoms with E-state index in [0.29, 0.717) is 30.5 Å². The predicted molar refractivity (Wildman–Crippen MR) is 101 cm³/mol. The first-order valence-electron chi connectivity index (χ1n) is 9.38. The third-order valence-electron chi connectivity index (χ3n) is 4.37. The van der Waals surface area contributed by atoms with Crippen LogP contribution in [0.3, 0.4) is 0 Å². The van der Waals surface area contributed by atoms with Gasteiger partial charge in [0.05, 0.1) is 6.61 Å². The number of nitrogens with zero attached hydrogens (tertiary/aromatic N) is 2. The number of amides is 2. The Morgan fingerprint density at radius 3 is 2.67 bits per heavy atom. The van der Waals surface area contributed by atoms with Gasteiger partial charge in [0.25, 0.3) is 5.91 Å². The Morgan fingerprint density at radius 2 is 2.04 bits per heavy atom. The maximum atomic E-state index is 12.9. The second-order valence-electron chi connectivity index (χ2n) is 6.79. The summed E-state index contributed by atoms with van der Waals surface area (Å²) in [4.78, 5) is 26.7. The number of anilines is 1. The van der Waals surface area contributed by atoms with Crippen LogP contribution in [-0.4, -0.2) is 41.6 Å². The molecule has 7 nitrogen and oxygen atoms in total. The lowest BCUT2D eigenvalue weighted by Gasteiger charge is -2.22. The van der Waals surface area contributed by atoms with Gasteiger partial charge in [-0.25, -0.2) is 0 Å². The van der Waals surface area contributed by atoms with Gasteiger partial charge in [0, 0.05) is 18.2 Å². The molecule has 2 aromatic rings. The molecular formula is C20H25N3O4. The summed E-state index contributed by atoms with van der Waals surface area (Å²) in [5.74, 6) is 1.12. The fourth-order valence-corrected chi connectivity index (χ4v) is 2.67. The Hall–Kier alpha value is -2.83. The van der Waals surface area contributed by atoms with Gasteiger partial charge in [-0.05, 0) is 49.4 Å². The number of aromatic nitrogens is 1. The SMILES string of the molecule is CCCCOc1ccc(C(=O)N(CC(=O)Nc2ccon2)CC2CC2)cc1. The van der Waals surface area contributed by atoms with Gasteiger partial charge < -0.3 is 19.5 Å². The monoisotopic (exact) mass is 371 g/mol. The van der Waals surface area contributed by atoms with E-state index in [1.54, 1.807) is 35.2 Å². The van der Waals surface area contributed by atoms with E-state index in [4.69, 9.17) is 9.26 Å². The number of ether oxygens (including phenoxy) is 1. The lowest BCUT2D eigenvalue weighted by Crippen LogP contribution is -2.39. The highest BCUT2D eigenvalue weighted by Crippen LogP contribution is 2.30. The number of carbonyl (C=O) groups is 2. The number of hydrogen-bond donors (Lipinski definition) is 1. The zero-order valence-electron chi connectivity index (χ0n) is 15.5. The number of carbonyl (C=O) groups excluding carboxylic acids is 2. The highest BCUT2D eigenvalue weighted by atomic mass is 16.5. The normalized spacial score (nSPS) is 13.2. The van der Waals surface area contributed by atoms with Crippen molar-refractivity contribution in [2.75, 3.05) is 25.0 Å². The van der Waals surface area contributed by atoms with Gasteiger partial charge in [-0.2, -0.15) is 0 Å². The fraction of sp³-hybridized carbons (Fsp3) is 0.450. The second kappa shape index (κ2) is 9.21. The molecule has 144 valence electrons. The molecule has 1 N–H and O–H groups in total. The smallest absolute Gasteiger partial charge is 0.254 e. The maximum absolute atomic E-state index is 12.9. The van der Waals surface area contributed by atoms with Gasteiger partial charge in [-0.15, -0.1) is 0 Å². The molecule has 0 saturated heterocycles. The third kappa shape index (κ3) is 5.84. The van der Waals surface area contributed by atoms with E-state index in [1.807, 2.05) is 0 Å². The lowest BCUT2D eigenvalue weighted by atomic mass is 10.1. The van der Waals surface area contributed by atoms with Crippen LogP contribution in [0.5, 0.6) is 5.75 Å². The van der Waals surface area contributed by atoms with Crippen molar-refractivity contribution in [3.63, 3.8) is 0 Å². The Balaban J connectivity index is 1.61. The fourth-order valence-electron chi connectivity index (χ4n) is 2.67. The van der Waals surface area contributed by atoms with Crippen molar-refractivity contribution in [2.45, 2.75) is 32.6 Å². The van der Waals surface area contributed by atoms with Crippen LogP contribution in [0.25, 0.3) is 0 Å². The minimum absolute atomic E-state index is 0.0169. The molecule has 0 unspecified atom stereocenters. The van der Waals surface area contributed by atoms with Crippen molar-refractivity contribution in [1.82, 2.24) is 10.1 Å². The molecule has 0 bridgehead atoms. The summed E-state index contributed by atoms with van der Waals surface area (Å²) in [6, 6.07) is 8.65.